The molecule has 0 aromatic heterocycles. The zero-order valence-electron chi connectivity index (χ0n) is 19.2. The molecule has 0 bridgehead atoms. The van der Waals surface area contributed by atoms with E-state index in [-0.39, 0.29) is 6.79 Å². The molecule has 178 valence electrons. The zero-order valence-corrected chi connectivity index (χ0v) is 20.0. The monoisotopic (exact) mass is 481 g/mol. The molecule has 7 nitrogen and oxygen atoms in total. The van der Waals surface area contributed by atoms with Gasteiger partial charge < -0.3 is 33.8 Å². The second kappa shape index (κ2) is 11.4. The van der Waals surface area contributed by atoms with Crippen LogP contribution in [0.4, 0.5) is 0 Å². The van der Waals surface area contributed by atoms with Gasteiger partial charge in [0.15, 0.2) is 11.5 Å². The third-order valence-corrected chi connectivity index (χ3v) is 5.84. The van der Waals surface area contributed by atoms with Crippen molar-refractivity contribution in [1.82, 2.24) is 5.32 Å². The van der Waals surface area contributed by atoms with Crippen molar-refractivity contribution in [3.8, 4) is 23.0 Å². The Hall–Kier alpha value is -3.09. The van der Waals surface area contributed by atoms with Gasteiger partial charge in [-0.05, 0) is 77.7 Å². The molecular formula is C26H28NO6P. The Balaban J connectivity index is 1.77. The van der Waals surface area contributed by atoms with E-state index in [2.05, 4.69) is 24.4 Å². The van der Waals surface area contributed by atoms with E-state index >= 15 is 0 Å². The summed E-state index contributed by atoms with van der Waals surface area (Å²) >= 11 is 0. The fourth-order valence-corrected chi connectivity index (χ4v) is 4.20. The highest BCUT2D eigenvalue weighted by molar-refractivity contribution is 7.39. The van der Waals surface area contributed by atoms with Crippen LogP contribution in [-0.4, -0.2) is 36.8 Å². The van der Waals surface area contributed by atoms with Crippen molar-refractivity contribution in [2.24, 2.45) is 0 Å². The summed E-state index contributed by atoms with van der Waals surface area (Å²) in [5, 5.41) is 3.07. The maximum atomic E-state index is 9.17. The predicted molar refractivity (Wildman–Crippen MR) is 133 cm³/mol. The SMILES string of the molecule is CC/C(=C(/c1ccc(OCCNC)cc1)c1ccc(OP(O)O)cc1)c1ccc2c(c1)OCO2. The molecule has 3 aromatic rings. The highest BCUT2D eigenvalue weighted by atomic mass is 31.2. The summed E-state index contributed by atoms with van der Waals surface area (Å²) in [7, 11) is -0.573. The van der Waals surface area contributed by atoms with Crippen LogP contribution in [0.5, 0.6) is 23.0 Å². The largest absolute Gasteiger partial charge is 0.492 e. The molecule has 0 saturated carbocycles. The fraction of sp³-hybridized carbons (Fsp3) is 0.231. The number of allylic oxidation sites excluding steroid dienone is 1. The Kier molecular flexibility index (Phi) is 8.03. The molecule has 3 aromatic carbocycles. The topological polar surface area (TPSA) is 89.4 Å². The Morgan fingerprint density at radius 3 is 2.12 bits per heavy atom. The third kappa shape index (κ3) is 5.69. The molecule has 1 heterocycles. The molecule has 1 aliphatic rings. The Bertz CT molecular complexity index is 1130. The van der Waals surface area contributed by atoms with Crippen LogP contribution >= 0.6 is 8.60 Å². The van der Waals surface area contributed by atoms with Crippen LogP contribution < -0.4 is 24.1 Å². The molecular weight excluding hydrogens is 453 g/mol. The van der Waals surface area contributed by atoms with E-state index in [9.17, 15) is 0 Å². The van der Waals surface area contributed by atoms with Gasteiger partial charge >= 0.3 is 8.60 Å². The van der Waals surface area contributed by atoms with Gasteiger partial charge in [-0.25, -0.2) is 0 Å². The molecule has 0 fully saturated rings. The van der Waals surface area contributed by atoms with Crippen LogP contribution in [0.2, 0.25) is 0 Å². The number of hydrogen-bond donors (Lipinski definition) is 3. The van der Waals surface area contributed by atoms with Gasteiger partial charge in [0, 0.05) is 6.54 Å². The van der Waals surface area contributed by atoms with E-state index in [1.54, 1.807) is 12.1 Å². The van der Waals surface area contributed by atoms with Crippen LogP contribution in [0.25, 0.3) is 11.1 Å². The molecule has 0 saturated heterocycles. The van der Waals surface area contributed by atoms with E-state index < -0.39 is 8.60 Å². The number of benzene rings is 3. The van der Waals surface area contributed by atoms with Gasteiger partial charge in [0.2, 0.25) is 6.79 Å². The molecule has 0 unspecified atom stereocenters. The third-order valence-electron chi connectivity index (χ3n) is 5.47. The van der Waals surface area contributed by atoms with Crippen LogP contribution in [-0.2, 0) is 0 Å². The fourth-order valence-electron chi connectivity index (χ4n) is 3.89. The quantitative estimate of drug-likeness (QED) is 0.214. The molecule has 4 rings (SSSR count). The second-order valence-electron chi connectivity index (χ2n) is 7.62. The Morgan fingerprint density at radius 2 is 1.50 bits per heavy atom. The Morgan fingerprint density at radius 1 is 0.882 bits per heavy atom. The molecule has 34 heavy (non-hydrogen) atoms. The summed E-state index contributed by atoms with van der Waals surface area (Å²) < 4.78 is 21.9. The first-order valence-electron chi connectivity index (χ1n) is 11.1. The summed E-state index contributed by atoms with van der Waals surface area (Å²) in [5.41, 5.74) is 5.26. The van der Waals surface area contributed by atoms with Crippen molar-refractivity contribution in [2.75, 3.05) is 27.0 Å². The van der Waals surface area contributed by atoms with Gasteiger partial charge in [-0.3, -0.25) is 0 Å². The molecule has 1 aliphatic heterocycles. The van der Waals surface area contributed by atoms with E-state index in [0.717, 1.165) is 58.1 Å². The molecule has 0 radical (unpaired) electrons. The van der Waals surface area contributed by atoms with E-state index in [1.165, 1.54) is 0 Å². The number of nitrogens with one attached hydrogen (secondary N) is 1. The standard InChI is InChI=1S/C26H28NO6P/c1-3-23(20-8-13-24-25(16-20)32-17-31-24)26(19-6-11-22(12-7-19)33-34(28)29)18-4-9-21(10-5-18)30-15-14-27-2/h4-13,16,27-29H,3,14-15,17H2,1-2H3/b26-23+. The number of fused-ring (bicyclic) bond motifs is 1. The maximum Gasteiger partial charge on any atom is 0.391 e. The van der Waals surface area contributed by atoms with Gasteiger partial charge in [-0.15, -0.1) is 0 Å². The number of rotatable bonds is 10. The minimum Gasteiger partial charge on any atom is -0.492 e. The number of hydrogen-bond acceptors (Lipinski definition) is 7. The molecule has 3 N–H and O–H groups in total. The molecule has 8 heteroatoms. The first kappa shape index (κ1) is 24.0. The lowest BCUT2D eigenvalue weighted by atomic mass is 9.88. The smallest absolute Gasteiger partial charge is 0.391 e. The first-order chi connectivity index (χ1) is 16.6. The molecule has 0 atom stereocenters. The summed E-state index contributed by atoms with van der Waals surface area (Å²) in [4.78, 5) is 18.3. The molecule has 0 amide bonds. The van der Waals surface area contributed by atoms with Gasteiger partial charge in [-0.2, -0.15) is 0 Å². The van der Waals surface area contributed by atoms with Crippen LogP contribution in [0.15, 0.2) is 66.7 Å². The van der Waals surface area contributed by atoms with Crippen molar-refractivity contribution >= 4 is 19.7 Å². The van der Waals surface area contributed by atoms with E-state index in [0.29, 0.717) is 12.4 Å². The van der Waals surface area contributed by atoms with Gasteiger partial charge in [-0.1, -0.05) is 37.3 Å². The summed E-state index contributed by atoms with van der Waals surface area (Å²) in [6.07, 6.45) is 0.784. The number of likely N-dealkylation sites (N-methyl/N-ethyl adjacent to an activating group) is 1. The minimum absolute atomic E-state index is 0.228. The normalized spacial score (nSPS) is 13.1. The molecule has 0 spiro atoms. The lowest BCUT2D eigenvalue weighted by molar-refractivity contribution is 0.174. The maximum absolute atomic E-state index is 9.17. The second-order valence-corrected chi connectivity index (χ2v) is 8.31. The average molecular weight is 481 g/mol. The average Bonchev–Trinajstić information content (AvgIpc) is 3.32. The van der Waals surface area contributed by atoms with Crippen molar-refractivity contribution < 1.29 is 28.5 Å². The van der Waals surface area contributed by atoms with Crippen molar-refractivity contribution in [2.45, 2.75) is 13.3 Å². The van der Waals surface area contributed by atoms with E-state index in [4.69, 9.17) is 28.5 Å². The zero-order chi connectivity index (χ0) is 23.9. The summed E-state index contributed by atoms with van der Waals surface area (Å²) in [6.45, 7) is 3.72. The Labute approximate surface area is 200 Å². The highest BCUT2D eigenvalue weighted by Crippen LogP contribution is 2.40. The first-order valence-corrected chi connectivity index (χ1v) is 12.2. The minimum atomic E-state index is -2.47. The van der Waals surface area contributed by atoms with Crippen LogP contribution in [0, 0.1) is 0 Å². The predicted octanol–water partition coefficient (Wildman–Crippen LogP) is 4.97. The van der Waals surface area contributed by atoms with Crippen LogP contribution in [0.1, 0.15) is 30.0 Å². The van der Waals surface area contributed by atoms with Gasteiger partial charge in [0.1, 0.15) is 18.1 Å². The lowest BCUT2D eigenvalue weighted by Crippen LogP contribution is -2.15. The van der Waals surface area contributed by atoms with Crippen molar-refractivity contribution in [1.29, 1.82) is 0 Å². The lowest BCUT2D eigenvalue weighted by Gasteiger charge is -2.17. The van der Waals surface area contributed by atoms with E-state index in [1.807, 2.05) is 49.5 Å². The van der Waals surface area contributed by atoms with Gasteiger partial charge in [0.05, 0.1) is 0 Å². The summed E-state index contributed by atoms with van der Waals surface area (Å²) in [5.74, 6) is 2.69. The van der Waals surface area contributed by atoms with Crippen LogP contribution in [0.3, 0.4) is 0 Å². The van der Waals surface area contributed by atoms with Gasteiger partial charge in [0.25, 0.3) is 0 Å². The highest BCUT2D eigenvalue weighted by Gasteiger charge is 2.18. The molecule has 0 aliphatic carbocycles. The van der Waals surface area contributed by atoms with Crippen molar-refractivity contribution in [3.63, 3.8) is 0 Å². The number of ether oxygens (including phenoxy) is 3. The summed E-state index contributed by atoms with van der Waals surface area (Å²) in [6, 6.07) is 21.4. The van der Waals surface area contributed by atoms with Crippen molar-refractivity contribution in [3.05, 3.63) is 83.4 Å².